The van der Waals surface area contributed by atoms with Crippen molar-refractivity contribution in [2.45, 2.75) is 326 Å². The van der Waals surface area contributed by atoms with Crippen molar-refractivity contribution < 1.29 is 51.8 Å². The van der Waals surface area contributed by atoms with Gasteiger partial charge in [0.05, 0.1) is 25.4 Å². The molecule has 0 aromatic heterocycles. The lowest BCUT2D eigenvalue weighted by Crippen LogP contribution is -2.61. The van der Waals surface area contributed by atoms with Crippen molar-refractivity contribution in [3.8, 4) is 0 Å². The summed E-state index contributed by atoms with van der Waals surface area (Å²) in [5.74, 6) is -0.256. The monoisotopic (exact) mass is 1000 g/mol. The van der Waals surface area contributed by atoms with Gasteiger partial charge in [0.15, 0.2) is 6.29 Å². The fourth-order valence-corrected chi connectivity index (χ4v) is 10.1. The summed E-state index contributed by atoms with van der Waals surface area (Å²) in [6, 6.07) is -0.940. The van der Waals surface area contributed by atoms with E-state index in [1.807, 2.05) is 6.08 Å². The summed E-state index contributed by atoms with van der Waals surface area (Å²) in [6.07, 6.45) is 46.8. The molecule has 410 valence electrons. The van der Waals surface area contributed by atoms with Crippen molar-refractivity contribution >= 4 is 16.3 Å². The van der Waals surface area contributed by atoms with Crippen LogP contribution in [0.2, 0.25) is 0 Å². The number of rotatable bonds is 51. The fraction of sp³-hybridized carbons (Fsp3) is 0.946. The normalized spacial score (nSPS) is 19.7. The standard InChI is InChI=1S/C56H109NO11S/c1-3-5-7-9-11-13-15-17-19-21-23-24-25-26-27-28-30-32-34-36-38-40-42-44-46-52(60)57-49(48-66-56-54(62)55(68-69(63,64)65)53(61)51(47-58)67-56)50(59)45-43-41-39-37-35-33-31-29-22-20-18-16-14-12-10-8-6-4-2/h43,45,49-51,53-56,58-59,61-62H,3-42,44,46-48H2,1-2H3,(H,57,60)(H,63,64,65)/b45-43+. The molecule has 7 atom stereocenters. The van der Waals surface area contributed by atoms with Crippen LogP contribution in [-0.2, 0) is 28.9 Å². The number of aliphatic hydroxyl groups is 4. The second kappa shape index (κ2) is 46.6. The molecule has 13 heteroatoms. The van der Waals surface area contributed by atoms with Crippen LogP contribution in [0.1, 0.15) is 284 Å². The van der Waals surface area contributed by atoms with Gasteiger partial charge >= 0.3 is 10.4 Å². The van der Waals surface area contributed by atoms with Gasteiger partial charge in [-0.15, -0.1) is 0 Å². The van der Waals surface area contributed by atoms with E-state index in [2.05, 4.69) is 23.3 Å². The van der Waals surface area contributed by atoms with Crippen LogP contribution < -0.4 is 5.32 Å². The van der Waals surface area contributed by atoms with Crippen LogP contribution in [0.25, 0.3) is 0 Å². The van der Waals surface area contributed by atoms with Crippen LogP contribution in [0.15, 0.2) is 12.2 Å². The third kappa shape index (κ3) is 39.0. The van der Waals surface area contributed by atoms with E-state index in [4.69, 9.17) is 9.47 Å². The average Bonchev–Trinajstić information content (AvgIpc) is 3.32. The maximum atomic E-state index is 13.1. The van der Waals surface area contributed by atoms with Crippen LogP contribution in [0.5, 0.6) is 0 Å². The number of carbonyl (C=O) groups excluding carboxylic acids is 1. The van der Waals surface area contributed by atoms with E-state index >= 15 is 0 Å². The molecule has 12 nitrogen and oxygen atoms in total. The highest BCUT2D eigenvalue weighted by atomic mass is 32.3. The average molecular weight is 1000 g/mol. The second-order valence-corrected chi connectivity index (χ2v) is 21.6. The number of hydrogen-bond donors (Lipinski definition) is 6. The summed E-state index contributed by atoms with van der Waals surface area (Å²) >= 11 is 0. The molecule has 6 N–H and O–H groups in total. The van der Waals surface area contributed by atoms with Gasteiger partial charge in [0.2, 0.25) is 5.91 Å². The molecule has 1 heterocycles. The maximum absolute atomic E-state index is 13.1. The van der Waals surface area contributed by atoms with Crippen LogP contribution in [0.4, 0.5) is 0 Å². The highest BCUT2D eigenvalue weighted by Crippen LogP contribution is 2.26. The van der Waals surface area contributed by atoms with E-state index in [-0.39, 0.29) is 18.9 Å². The SMILES string of the molecule is CCCCCCCCCCCCCCCCCC/C=C/C(O)C(COC1OC(CO)C(O)C(OS(=O)(=O)O)C1O)NC(=O)CCCCCCCCCCCCCCCCCCCCCCCCCC. The number of hydrogen-bond acceptors (Lipinski definition) is 10. The zero-order chi connectivity index (χ0) is 50.5. The zero-order valence-electron chi connectivity index (χ0n) is 44.4. The molecule has 0 radical (unpaired) electrons. The topological polar surface area (TPSA) is 192 Å². The number of ether oxygens (including phenoxy) is 2. The largest absolute Gasteiger partial charge is 0.397 e. The first-order chi connectivity index (χ1) is 33.5. The third-order valence-electron chi connectivity index (χ3n) is 14.1. The van der Waals surface area contributed by atoms with Crippen molar-refractivity contribution in [2.24, 2.45) is 0 Å². The lowest BCUT2D eigenvalue weighted by atomic mass is 9.99. The van der Waals surface area contributed by atoms with Gasteiger partial charge in [-0.05, 0) is 19.3 Å². The van der Waals surface area contributed by atoms with Gasteiger partial charge in [0.25, 0.3) is 0 Å². The first-order valence-corrected chi connectivity index (χ1v) is 30.4. The lowest BCUT2D eigenvalue weighted by Gasteiger charge is -2.41. The predicted molar refractivity (Wildman–Crippen MR) is 282 cm³/mol. The Morgan fingerprint density at radius 1 is 0.565 bits per heavy atom. The highest BCUT2D eigenvalue weighted by Gasteiger charge is 2.48. The van der Waals surface area contributed by atoms with Gasteiger partial charge in [0, 0.05) is 6.42 Å². The van der Waals surface area contributed by atoms with Gasteiger partial charge < -0.3 is 35.2 Å². The van der Waals surface area contributed by atoms with Gasteiger partial charge in [-0.25, -0.2) is 4.18 Å². The Morgan fingerprint density at radius 2 is 0.913 bits per heavy atom. The molecule has 1 fully saturated rings. The van der Waals surface area contributed by atoms with Crippen LogP contribution in [-0.4, -0.2) is 95.4 Å². The quantitative estimate of drug-likeness (QED) is 0.0193. The molecule has 0 saturated carbocycles. The van der Waals surface area contributed by atoms with Gasteiger partial charge in [0.1, 0.15) is 24.4 Å². The first kappa shape index (κ1) is 65.9. The van der Waals surface area contributed by atoms with E-state index in [9.17, 15) is 38.2 Å². The minimum atomic E-state index is -5.09. The molecule has 7 unspecified atom stereocenters. The molecule has 0 aromatic rings. The molecule has 0 bridgehead atoms. The number of allylic oxidation sites excluding steroid dienone is 1. The van der Waals surface area contributed by atoms with Crippen molar-refractivity contribution in [1.29, 1.82) is 0 Å². The molecule has 1 saturated heterocycles. The number of aliphatic hydroxyl groups excluding tert-OH is 4. The molecule has 0 aliphatic carbocycles. The van der Waals surface area contributed by atoms with E-state index in [0.29, 0.717) is 6.42 Å². The van der Waals surface area contributed by atoms with Gasteiger partial charge in [-0.3, -0.25) is 9.35 Å². The van der Waals surface area contributed by atoms with E-state index < -0.39 is 59.9 Å². The second-order valence-electron chi connectivity index (χ2n) is 20.6. The summed E-state index contributed by atoms with van der Waals surface area (Å²) in [7, 11) is -5.09. The Hall–Kier alpha value is -1.16. The number of nitrogens with one attached hydrogen (secondary N) is 1. The molecular weight excluding hydrogens is 895 g/mol. The Morgan fingerprint density at radius 3 is 1.26 bits per heavy atom. The van der Waals surface area contributed by atoms with Crippen molar-refractivity contribution in [3.05, 3.63) is 12.2 Å². The summed E-state index contributed by atoms with van der Waals surface area (Å²) in [4.78, 5) is 13.1. The molecule has 0 aromatic carbocycles. The molecule has 0 spiro atoms. The van der Waals surface area contributed by atoms with Crippen LogP contribution in [0.3, 0.4) is 0 Å². The molecule has 1 rings (SSSR count). The summed E-state index contributed by atoms with van der Waals surface area (Å²) in [6.45, 7) is 3.44. The van der Waals surface area contributed by atoms with Gasteiger partial charge in [-0.2, -0.15) is 8.42 Å². The lowest BCUT2D eigenvalue weighted by molar-refractivity contribution is -0.298. The Kier molecular flexibility index (Phi) is 44.5. The Labute approximate surface area is 423 Å². The van der Waals surface area contributed by atoms with E-state index in [0.717, 1.165) is 38.5 Å². The Balaban J connectivity index is 2.35. The number of carbonyl (C=O) groups is 1. The maximum Gasteiger partial charge on any atom is 0.397 e. The zero-order valence-corrected chi connectivity index (χ0v) is 45.2. The number of amides is 1. The van der Waals surface area contributed by atoms with Crippen molar-refractivity contribution in [1.82, 2.24) is 5.32 Å². The predicted octanol–water partition coefficient (Wildman–Crippen LogP) is 13.5. The summed E-state index contributed by atoms with van der Waals surface area (Å²) in [5.41, 5.74) is 0. The molecular formula is C56H109NO11S. The Bertz CT molecular complexity index is 1270. The van der Waals surface area contributed by atoms with E-state index in [1.54, 1.807) is 6.08 Å². The van der Waals surface area contributed by atoms with Crippen molar-refractivity contribution in [2.75, 3.05) is 13.2 Å². The minimum absolute atomic E-state index is 0.256. The molecule has 69 heavy (non-hydrogen) atoms. The summed E-state index contributed by atoms with van der Waals surface area (Å²) < 4.78 is 47.8. The molecule has 1 aliphatic rings. The fourth-order valence-electron chi connectivity index (χ4n) is 9.58. The molecule has 1 amide bonds. The summed E-state index contributed by atoms with van der Waals surface area (Å²) in [5, 5.41) is 45.0. The first-order valence-electron chi connectivity index (χ1n) is 29.1. The van der Waals surface area contributed by atoms with Crippen LogP contribution in [0, 0.1) is 0 Å². The van der Waals surface area contributed by atoms with E-state index in [1.165, 1.54) is 218 Å². The van der Waals surface area contributed by atoms with Gasteiger partial charge in [-0.1, -0.05) is 270 Å². The highest BCUT2D eigenvalue weighted by molar-refractivity contribution is 7.80. The number of unbranched alkanes of at least 4 members (excludes halogenated alkanes) is 39. The van der Waals surface area contributed by atoms with Crippen LogP contribution >= 0.6 is 0 Å². The smallest absolute Gasteiger partial charge is 0.394 e. The van der Waals surface area contributed by atoms with Crippen molar-refractivity contribution in [3.63, 3.8) is 0 Å². The molecule has 1 aliphatic heterocycles. The third-order valence-corrected chi connectivity index (χ3v) is 14.5. The minimum Gasteiger partial charge on any atom is -0.394 e.